The Balaban J connectivity index is 2.69. The first kappa shape index (κ1) is 15.3. The van der Waals surface area contributed by atoms with Gasteiger partial charge in [0.1, 0.15) is 12.1 Å². The van der Waals surface area contributed by atoms with Gasteiger partial charge in [-0.1, -0.05) is 0 Å². The molecule has 0 aliphatic carbocycles. The molecular formula is C8H8F6N4O. The summed E-state index contributed by atoms with van der Waals surface area (Å²) in [6, 6.07) is 0.955. The van der Waals surface area contributed by atoms with E-state index >= 15 is 0 Å². The Morgan fingerprint density at radius 3 is 2.42 bits per heavy atom. The first-order valence-electron chi connectivity index (χ1n) is 4.67. The van der Waals surface area contributed by atoms with E-state index in [9.17, 15) is 26.3 Å². The van der Waals surface area contributed by atoms with Crippen molar-refractivity contribution in [3.05, 3.63) is 12.4 Å². The Morgan fingerprint density at radius 1 is 1.26 bits per heavy atom. The summed E-state index contributed by atoms with van der Waals surface area (Å²) in [4.78, 5) is 6.85. The summed E-state index contributed by atoms with van der Waals surface area (Å²) in [6.07, 6.45) is -9.13. The molecule has 5 nitrogen and oxygen atoms in total. The highest BCUT2D eigenvalue weighted by Gasteiger charge is 2.57. The maximum Gasteiger partial charge on any atom is 0.425 e. The fourth-order valence-electron chi connectivity index (χ4n) is 0.980. The summed E-state index contributed by atoms with van der Waals surface area (Å²) in [7, 11) is 0. The highest BCUT2D eigenvalue weighted by Crippen LogP contribution is 2.35. The van der Waals surface area contributed by atoms with Crippen molar-refractivity contribution in [2.75, 3.05) is 12.0 Å². The monoisotopic (exact) mass is 290 g/mol. The van der Waals surface area contributed by atoms with Gasteiger partial charge in [0, 0.05) is 6.07 Å². The number of rotatable bonds is 5. The van der Waals surface area contributed by atoms with Crippen molar-refractivity contribution in [3.8, 4) is 5.88 Å². The Bertz CT molecular complexity index is 426. The number of nitrogens with two attached hydrogens (primary N) is 1. The SMILES string of the molecule is NNc1cc(OCC(F)(F)C(F)C(F)(F)F)ncn1. The maximum atomic E-state index is 12.9. The van der Waals surface area contributed by atoms with E-state index < -0.39 is 30.8 Å². The van der Waals surface area contributed by atoms with E-state index in [4.69, 9.17) is 5.84 Å². The zero-order chi connectivity index (χ0) is 14.7. The van der Waals surface area contributed by atoms with Crippen molar-refractivity contribution >= 4 is 5.82 Å². The third kappa shape index (κ3) is 4.12. The molecule has 108 valence electrons. The molecule has 0 amide bonds. The number of alkyl halides is 6. The van der Waals surface area contributed by atoms with E-state index in [1.54, 1.807) is 0 Å². The van der Waals surface area contributed by atoms with Gasteiger partial charge in [0.05, 0.1) is 0 Å². The van der Waals surface area contributed by atoms with Crippen LogP contribution in [0.1, 0.15) is 0 Å². The Morgan fingerprint density at radius 2 is 1.89 bits per heavy atom. The van der Waals surface area contributed by atoms with Gasteiger partial charge in [0.2, 0.25) is 5.88 Å². The molecule has 0 saturated heterocycles. The number of halogens is 6. The molecule has 0 saturated carbocycles. The van der Waals surface area contributed by atoms with E-state index in [2.05, 4.69) is 14.7 Å². The Hall–Kier alpha value is -1.78. The molecule has 1 aromatic heterocycles. The lowest BCUT2D eigenvalue weighted by molar-refractivity contribution is -0.250. The molecule has 0 aromatic carbocycles. The highest BCUT2D eigenvalue weighted by molar-refractivity contribution is 5.35. The highest BCUT2D eigenvalue weighted by atomic mass is 19.4. The van der Waals surface area contributed by atoms with Crippen LogP contribution in [0.15, 0.2) is 12.4 Å². The number of hydrogen-bond donors (Lipinski definition) is 2. The lowest BCUT2D eigenvalue weighted by Gasteiger charge is -2.22. The third-order valence-corrected chi connectivity index (χ3v) is 1.86. The quantitative estimate of drug-likeness (QED) is 0.490. The van der Waals surface area contributed by atoms with Crippen LogP contribution >= 0.6 is 0 Å². The second-order valence-electron chi connectivity index (χ2n) is 3.34. The standard InChI is InChI=1S/C8H8F6N4O/c9-6(8(12,13)14)7(10,11)2-19-5-1-4(18-15)16-3-17-5/h1,3,6H,2,15H2,(H,16,17,18). The van der Waals surface area contributed by atoms with Crippen molar-refractivity contribution in [2.24, 2.45) is 5.84 Å². The Labute approximate surface area is 102 Å². The molecule has 0 fully saturated rings. The zero-order valence-electron chi connectivity index (χ0n) is 9.09. The van der Waals surface area contributed by atoms with E-state index in [0.29, 0.717) is 0 Å². The average Bonchev–Trinajstić information content (AvgIpc) is 2.35. The van der Waals surface area contributed by atoms with E-state index in [-0.39, 0.29) is 5.82 Å². The number of aromatic nitrogens is 2. The minimum absolute atomic E-state index is 0.0130. The largest absolute Gasteiger partial charge is 0.471 e. The van der Waals surface area contributed by atoms with E-state index in [1.165, 1.54) is 0 Å². The van der Waals surface area contributed by atoms with Crippen LogP contribution < -0.4 is 16.0 Å². The zero-order valence-corrected chi connectivity index (χ0v) is 9.09. The van der Waals surface area contributed by atoms with Crippen LogP contribution in [0.5, 0.6) is 5.88 Å². The van der Waals surface area contributed by atoms with Crippen LogP contribution in [0.25, 0.3) is 0 Å². The number of nitrogens with zero attached hydrogens (tertiary/aromatic N) is 2. The van der Waals surface area contributed by atoms with Gasteiger partial charge in [-0.15, -0.1) is 0 Å². The fourth-order valence-corrected chi connectivity index (χ4v) is 0.980. The second-order valence-corrected chi connectivity index (χ2v) is 3.34. The van der Waals surface area contributed by atoms with Crippen LogP contribution in [0.4, 0.5) is 32.2 Å². The molecule has 1 unspecified atom stereocenters. The van der Waals surface area contributed by atoms with Gasteiger partial charge in [-0.3, -0.25) is 0 Å². The van der Waals surface area contributed by atoms with Crippen LogP contribution in [-0.4, -0.2) is 34.8 Å². The van der Waals surface area contributed by atoms with Crippen molar-refractivity contribution in [3.63, 3.8) is 0 Å². The van der Waals surface area contributed by atoms with Gasteiger partial charge >= 0.3 is 12.1 Å². The summed E-state index contributed by atoms with van der Waals surface area (Å²) in [5.74, 6) is -0.271. The summed E-state index contributed by atoms with van der Waals surface area (Å²) < 4.78 is 78.0. The predicted octanol–water partition coefficient (Wildman–Crippen LogP) is 1.68. The van der Waals surface area contributed by atoms with Crippen LogP contribution in [-0.2, 0) is 0 Å². The minimum atomic E-state index is -5.68. The van der Waals surface area contributed by atoms with Crippen LogP contribution in [0.2, 0.25) is 0 Å². The first-order chi connectivity index (χ1) is 8.66. The van der Waals surface area contributed by atoms with E-state index in [1.807, 2.05) is 5.43 Å². The van der Waals surface area contributed by atoms with Gasteiger partial charge in [0.25, 0.3) is 6.17 Å². The van der Waals surface area contributed by atoms with Gasteiger partial charge < -0.3 is 10.2 Å². The molecular weight excluding hydrogens is 282 g/mol. The number of nitrogens with one attached hydrogen (secondary N) is 1. The number of hydrogen-bond acceptors (Lipinski definition) is 5. The topological polar surface area (TPSA) is 73.1 Å². The molecule has 0 spiro atoms. The molecule has 0 aliphatic rings. The maximum absolute atomic E-state index is 12.9. The smallest absolute Gasteiger partial charge is 0.425 e. The molecule has 1 rings (SSSR count). The second kappa shape index (κ2) is 5.47. The number of nitrogen functional groups attached to an aromatic ring is 1. The molecule has 0 radical (unpaired) electrons. The average molecular weight is 290 g/mol. The van der Waals surface area contributed by atoms with Crippen LogP contribution in [0.3, 0.4) is 0 Å². The molecule has 1 atom stereocenters. The van der Waals surface area contributed by atoms with Crippen molar-refractivity contribution in [1.29, 1.82) is 0 Å². The van der Waals surface area contributed by atoms with Crippen molar-refractivity contribution in [1.82, 2.24) is 9.97 Å². The lowest BCUT2D eigenvalue weighted by atomic mass is 10.2. The molecule has 0 aliphatic heterocycles. The van der Waals surface area contributed by atoms with Crippen molar-refractivity contribution in [2.45, 2.75) is 18.3 Å². The number of anilines is 1. The van der Waals surface area contributed by atoms with Gasteiger partial charge in [0.15, 0.2) is 6.61 Å². The van der Waals surface area contributed by atoms with Crippen molar-refractivity contribution < 1.29 is 31.1 Å². The molecule has 19 heavy (non-hydrogen) atoms. The minimum Gasteiger partial charge on any atom is -0.471 e. The normalized spacial score (nSPS) is 14.1. The molecule has 11 heteroatoms. The fraction of sp³-hybridized carbons (Fsp3) is 0.500. The molecule has 1 aromatic rings. The number of hydrazine groups is 1. The summed E-state index contributed by atoms with van der Waals surface area (Å²) in [6.45, 7) is -1.82. The van der Waals surface area contributed by atoms with E-state index in [0.717, 1.165) is 12.4 Å². The van der Waals surface area contributed by atoms with Gasteiger partial charge in [-0.05, 0) is 0 Å². The van der Waals surface area contributed by atoms with Crippen LogP contribution in [0, 0.1) is 0 Å². The Kier molecular flexibility index (Phi) is 4.39. The van der Waals surface area contributed by atoms with Gasteiger partial charge in [-0.25, -0.2) is 20.2 Å². The molecule has 0 bridgehead atoms. The summed E-state index contributed by atoms with van der Waals surface area (Å²) >= 11 is 0. The molecule has 3 N–H and O–H groups in total. The first-order valence-corrected chi connectivity index (χ1v) is 4.67. The third-order valence-electron chi connectivity index (χ3n) is 1.86. The van der Waals surface area contributed by atoms with Gasteiger partial charge in [-0.2, -0.15) is 22.0 Å². The molecule has 1 heterocycles. The predicted molar refractivity (Wildman–Crippen MR) is 51.2 cm³/mol. The number of ether oxygens (including phenoxy) is 1. The summed E-state index contributed by atoms with van der Waals surface area (Å²) in [5.41, 5.74) is 2.04. The summed E-state index contributed by atoms with van der Waals surface area (Å²) in [5, 5.41) is 0. The lowest BCUT2D eigenvalue weighted by Crippen LogP contribution is -2.45.